The minimum absolute atomic E-state index is 0.167. The highest BCUT2D eigenvalue weighted by atomic mass is 19.1. The second-order valence-corrected chi connectivity index (χ2v) is 5.01. The van der Waals surface area contributed by atoms with Crippen molar-refractivity contribution in [3.8, 4) is 0 Å². The van der Waals surface area contributed by atoms with Crippen LogP contribution in [-0.2, 0) is 11.8 Å². The van der Waals surface area contributed by atoms with Crippen LogP contribution in [0.1, 0.15) is 30.6 Å². The molecule has 24 heavy (non-hydrogen) atoms. The fourth-order valence-electron chi connectivity index (χ4n) is 2.11. The molecule has 2 aromatic rings. The summed E-state index contributed by atoms with van der Waals surface area (Å²) in [7, 11) is 1.45. The van der Waals surface area contributed by atoms with Crippen LogP contribution < -0.4 is 5.43 Å². The average molecular weight is 337 g/mol. The van der Waals surface area contributed by atoms with Gasteiger partial charge >= 0.3 is 5.69 Å². The molecule has 1 amide bonds. The van der Waals surface area contributed by atoms with Gasteiger partial charge in [0.1, 0.15) is 18.4 Å². The Labute approximate surface area is 136 Å². The zero-order valence-corrected chi connectivity index (χ0v) is 13.3. The molecule has 128 valence electrons. The molecule has 0 spiro atoms. The van der Waals surface area contributed by atoms with Crippen LogP contribution in [0.25, 0.3) is 0 Å². The Morgan fingerprint density at radius 3 is 2.83 bits per heavy atom. The number of amides is 1. The fourth-order valence-corrected chi connectivity index (χ4v) is 2.11. The van der Waals surface area contributed by atoms with Crippen LogP contribution in [0.15, 0.2) is 17.5 Å². The summed E-state index contributed by atoms with van der Waals surface area (Å²) in [6.07, 6.45) is 3.74. The van der Waals surface area contributed by atoms with E-state index in [0.29, 0.717) is 12.1 Å². The van der Waals surface area contributed by atoms with Crippen LogP contribution in [0.5, 0.6) is 0 Å². The van der Waals surface area contributed by atoms with Gasteiger partial charge in [0.25, 0.3) is 5.91 Å². The maximum Gasteiger partial charge on any atom is 0.307 e. The Bertz CT molecular complexity index is 796. The molecule has 11 heteroatoms. The van der Waals surface area contributed by atoms with E-state index in [1.54, 1.807) is 13.8 Å². The van der Waals surface area contributed by atoms with E-state index < -0.39 is 22.8 Å². The first-order valence-electron chi connectivity index (χ1n) is 7.05. The predicted molar refractivity (Wildman–Crippen MR) is 81.8 cm³/mol. The molecular weight excluding hydrogens is 321 g/mol. The Morgan fingerprint density at radius 2 is 2.33 bits per heavy atom. The van der Waals surface area contributed by atoms with Crippen LogP contribution >= 0.6 is 0 Å². The maximum atomic E-state index is 13.7. The number of carbonyl (C=O) groups is 1. The van der Waals surface area contributed by atoms with E-state index in [1.807, 2.05) is 0 Å². The highest BCUT2D eigenvalue weighted by molar-refractivity contribution is 5.84. The number of nitro groups is 1. The molecule has 2 aromatic heterocycles. The van der Waals surface area contributed by atoms with Crippen molar-refractivity contribution in [3.63, 3.8) is 0 Å². The van der Waals surface area contributed by atoms with Gasteiger partial charge in [-0.15, -0.1) is 0 Å². The third kappa shape index (κ3) is 3.45. The van der Waals surface area contributed by atoms with Crippen molar-refractivity contribution in [2.75, 3.05) is 0 Å². The quantitative estimate of drug-likeness (QED) is 0.480. The molecular formula is C13H16FN7O3. The van der Waals surface area contributed by atoms with Crippen LogP contribution in [0.4, 0.5) is 10.1 Å². The van der Waals surface area contributed by atoms with Crippen LogP contribution in [0.3, 0.4) is 0 Å². The van der Waals surface area contributed by atoms with Crippen LogP contribution in [-0.4, -0.2) is 36.6 Å². The predicted octanol–water partition coefficient (Wildman–Crippen LogP) is 1.07. The largest absolute Gasteiger partial charge is 0.307 e. The summed E-state index contributed by atoms with van der Waals surface area (Å²) in [5, 5.41) is 22.1. The van der Waals surface area contributed by atoms with Gasteiger partial charge in [0.2, 0.25) is 5.95 Å². The SMILES string of the molecule is CC[C@H](C(=O)N/N=C\c1c(C)nn(C)c1F)n1cc([N+](=O)[O-])cn1. The zero-order chi connectivity index (χ0) is 17.9. The topological polar surface area (TPSA) is 120 Å². The molecule has 0 radical (unpaired) electrons. The molecule has 0 aliphatic heterocycles. The summed E-state index contributed by atoms with van der Waals surface area (Å²) in [4.78, 5) is 22.2. The third-order valence-corrected chi connectivity index (χ3v) is 3.37. The number of halogens is 1. The van der Waals surface area contributed by atoms with E-state index in [0.717, 1.165) is 17.1 Å². The molecule has 0 unspecified atom stereocenters. The first-order valence-corrected chi connectivity index (χ1v) is 7.05. The molecule has 0 saturated carbocycles. The van der Waals surface area contributed by atoms with Gasteiger partial charge in [-0.3, -0.25) is 19.6 Å². The van der Waals surface area contributed by atoms with E-state index >= 15 is 0 Å². The van der Waals surface area contributed by atoms with Gasteiger partial charge in [0.15, 0.2) is 0 Å². The highest BCUT2D eigenvalue weighted by Gasteiger charge is 2.21. The van der Waals surface area contributed by atoms with Crippen molar-refractivity contribution in [2.45, 2.75) is 26.3 Å². The standard InChI is InChI=1S/C13H16FN7O3/c1-4-11(20-7-9(5-16-20)21(23)24)13(22)17-15-6-10-8(2)18-19(3)12(10)14/h5-7,11H,4H2,1-3H3,(H,17,22)/b15-6-/t11-/m1/s1. The molecule has 0 bridgehead atoms. The van der Waals surface area contributed by atoms with E-state index in [-0.39, 0.29) is 11.3 Å². The Morgan fingerprint density at radius 1 is 1.62 bits per heavy atom. The van der Waals surface area contributed by atoms with Gasteiger partial charge in [0.05, 0.1) is 22.4 Å². The van der Waals surface area contributed by atoms with Crippen molar-refractivity contribution >= 4 is 17.8 Å². The van der Waals surface area contributed by atoms with E-state index in [4.69, 9.17) is 0 Å². The van der Waals surface area contributed by atoms with Gasteiger partial charge in [-0.1, -0.05) is 6.92 Å². The second-order valence-electron chi connectivity index (χ2n) is 5.01. The minimum atomic E-state index is -0.768. The number of carbonyl (C=O) groups excluding carboxylic acids is 1. The van der Waals surface area contributed by atoms with Crippen LogP contribution in [0.2, 0.25) is 0 Å². The summed E-state index contributed by atoms with van der Waals surface area (Å²) < 4.78 is 16.0. The average Bonchev–Trinajstić information content (AvgIpc) is 3.09. The molecule has 1 N–H and O–H groups in total. The van der Waals surface area contributed by atoms with Gasteiger partial charge in [-0.2, -0.15) is 19.7 Å². The number of aryl methyl sites for hydroxylation is 2. The number of hydrogen-bond donors (Lipinski definition) is 1. The normalized spacial score (nSPS) is 12.5. The molecule has 0 aromatic carbocycles. The lowest BCUT2D eigenvalue weighted by atomic mass is 10.2. The van der Waals surface area contributed by atoms with Crippen molar-refractivity contribution in [2.24, 2.45) is 12.1 Å². The van der Waals surface area contributed by atoms with Crippen molar-refractivity contribution < 1.29 is 14.1 Å². The molecule has 0 aliphatic rings. The Balaban J connectivity index is 2.09. The van der Waals surface area contributed by atoms with Crippen molar-refractivity contribution in [1.29, 1.82) is 0 Å². The number of nitrogens with one attached hydrogen (secondary N) is 1. The lowest BCUT2D eigenvalue weighted by Crippen LogP contribution is -2.29. The highest BCUT2D eigenvalue weighted by Crippen LogP contribution is 2.16. The molecule has 0 fully saturated rings. The van der Waals surface area contributed by atoms with Crippen molar-refractivity contribution in [1.82, 2.24) is 25.0 Å². The summed E-state index contributed by atoms with van der Waals surface area (Å²) in [5.74, 6) is -1.09. The number of aromatic nitrogens is 4. The molecule has 2 heterocycles. The Kier molecular flexibility index (Phi) is 5.02. The number of nitrogens with zero attached hydrogens (tertiary/aromatic N) is 6. The first kappa shape index (κ1) is 17.2. The monoisotopic (exact) mass is 337 g/mol. The smallest absolute Gasteiger partial charge is 0.271 e. The van der Waals surface area contributed by atoms with Crippen LogP contribution in [0, 0.1) is 23.0 Å². The fraction of sp³-hybridized carbons (Fsp3) is 0.385. The maximum absolute atomic E-state index is 13.7. The zero-order valence-electron chi connectivity index (χ0n) is 13.3. The van der Waals surface area contributed by atoms with Gasteiger partial charge in [-0.25, -0.2) is 10.1 Å². The lowest BCUT2D eigenvalue weighted by molar-refractivity contribution is -0.385. The van der Waals surface area contributed by atoms with Gasteiger partial charge in [0, 0.05) is 7.05 Å². The first-order chi connectivity index (χ1) is 11.3. The van der Waals surface area contributed by atoms with E-state index in [9.17, 15) is 19.3 Å². The summed E-state index contributed by atoms with van der Waals surface area (Å²) in [5.41, 5.74) is 2.67. The van der Waals surface area contributed by atoms with Gasteiger partial charge < -0.3 is 0 Å². The number of rotatable bonds is 6. The van der Waals surface area contributed by atoms with Gasteiger partial charge in [-0.05, 0) is 13.3 Å². The Hall–Kier alpha value is -3.11. The minimum Gasteiger partial charge on any atom is -0.271 e. The molecule has 10 nitrogen and oxygen atoms in total. The van der Waals surface area contributed by atoms with E-state index in [2.05, 4.69) is 20.7 Å². The number of hydrazone groups is 1. The van der Waals surface area contributed by atoms with E-state index in [1.165, 1.54) is 17.9 Å². The summed E-state index contributed by atoms with van der Waals surface area (Å²) in [6, 6.07) is -0.768. The number of hydrogen-bond acceptors (Lipinski definition) is 6. The summed E-state index contributed by atoms with van der Waals surface area (Å²) in [6.45, 7) is 3.34. The molecule has 1 atom stereocenters. The molecule has 2 rings (SSSR count). The second kappa shape index (κ2) is 6.98. The summed E-state index contributed by atoms with van der Waals surface area (Å²) >= 11 is 0. The lowest BCUT2D eigenvalue weighted by Gasteiger charge is -2.12. The third-order valence-electron chi connectivity index (χ3n) is 3.37. The molecule has 0 saturated heterocycles. The molecule has 0 aliphatic carbocycles. The van der Waals surface area contributed by atoms with Crippen molar-refractivity contribution in [3.05, 3.63) is 39.7 Å².